The highest BCUT2D eigenvalue weighted by molar-refractivity contribution is 5.35. The van der Waals surface area contributed by atoms with Crippen LogP contribution in [0, 0.1) is 12.3 Å². The van der Waals surface area contributed by atoms with Crippen molar-refractivity contribution in [2.75, 3.05) is 0 Å². The number of fused-ring (bicyclic) bond motifs is 1. The first-order valence-electron chi connectivity index (χ1n) is 6.34. The average Bonchev–Trinajstić information content (AvgIpc) is 2.79. The lowest BCUT2D eigenvalue weighted by molar-refractivity contribution is 0.405. The molecule has 2 nitrogen and oxygen atoms in total. The Bertz CT molecular complexity index is 406. The van der Waals surface area contributed by atoms with E-state index in [0.717, 1.165) is 19.3 Å². The molecule has 0 saturated heterocycles. The van der Waals surface area contributed by atoms with Gasteiger partial charge in [-0.25, -0.2) is 0 Å². The number of nitrogens with one attached hydrogen (secondary N) is 1. The molecule has 0 radical (unpaired) electrons. The molecule has 2 heteroatoms. The molecule has 0 heterocycles. The van der Waals surface area contributed by atoms with Gasteiger partial charge in [0.25, 0.3) is 0 Å². The zero-order chi connectivity index (χ0) is 12.1. The third-order valence-electron chi connectivity index (χ3n) is 3.72. The standard InChI is InChI=1S/C15H20N2/c1-2-3-4-9-15(17-16)14-11-10-12-7-5-6-8-13(12)14/h1,5-8,14-15,17H,3-4,9-11,16H2. The summed E-state index contributed by atoms with van der Waals surface area (Å²) in [5.41, 5.74) is 5.93. The molecule has 90 valence electrons. The Hall–Kier alpha value is -1.30. The predicted octanol–water partition coefficient (Wildman–Crippen LogP) is 2.35. The van der Waals surface area contributed by atoms with Crippen molar-refractivity contribution in [1.29, 1.82) is 0 Å². The van der Waals surface area contributed by atoms with Crippen LogP contribution in [0.2, 0.25) is 0 Å². The fourth-order valence-electron chi connectivity index (χ4n) is 2.83. The van der Waals surface area contributed by atoms with Crippen molar-refractivity contribution in [2.45, 2.75) is 44.1 Å². The van der Waals surface area contributed by atoms with Gasteiger partial charge in [0.15, 0.2) is 0 Å². The zero-order valence-electron chi connectivity index (χ0n) is 10.2. The summed E-state index contributed by atoms with van der Waals surface area (Å²) in [6.45, 7) is 0. The number of hydrogen-bond acceptors (Lipinski definition) is 2. The molecule has 0 fully saturated rings. The van der Waals surface area contributed by atoms with Gasteiger partial charge in [0.05, 0.1) is 0 Å². The summed E-state index contributed by atoms with van der Waals surface area (Å²) in [5.74, 6) is 8.93. The molecule has 0 aliphatic heterocycles. The maximum atomic E-state index is 5.69. The molecule has 3 N–H and O–H groups in total. The van der Waals surface area contributed by atoms with Crippen LogP contribution in [-0.2, 0) is 6.42 Å². The van der Waals surface area contributed by atoms with Crippen LogP contribution < -0.4 is 11.3 Å². The molecule has 2 rings (SSSR count). The van der Waals surface area contributed by atoms with Gasteiger partial charge in [0.1, 0.15) is 0 Å². The highest BCUT2D eigenvalue weighted by atomic mass is 15.2. The van der Waals surface area contributed by atoms with E-state index in [0.29, 0.717) is 12.0 Å². The first kappa shape index (κ1) is 12.2. The largest absolute Gasteiger partial charge is 0.271 e. The van der Waals surface area contributed by atoms with Crippen LogP contribution in [0.4, 0.5) is 0 Å². The molecule has 1 aliphatic carbocycles. The number of benzene rings is 1. The fourth-order valence-corrected chi connectivity index (χ4v) is 2.83. The van der Waals surface area contributed by atoms with Gasteiger partial charge in [0, 0.05) is 18.4 Å². The number of terminal acetylenes is 1. The molecule has 0 aromatic heterocycles. The molecule has 2 atom stereocenters. The lowest BCUT2D eigenvalue weighted by Crippen LogP contribution is -2.39. The molecule has 0 saturated carbocycles. The van der Waals surface area contributed by atoms with Crippen molar-refractivity contribution in [2.24, 2.45) is 5.84 Å². The Kier molecular flexibility index (Phi) is 4.19. The first-order valence-corrected chi connectivity index (χ1v) is 6.34. The fraction of sp³-hybridized carbons (Fsp3) is 0.467. The van der Waals surface area contributed by atoms with Crippen LogP contribution in [0.1, 0.15) is 42.7 Å². The second-order valence-corrected chi connectivity index (χ2v) is 4.71. The van der Waals surface area contributed by atoms with Crippen LogP contribution in [-0.4, -0.2) is 6.04 Å². The van der Waals surface area contributed by atoms with Crippen molar-refractivity contribution in [3.05, 3.63) is 35.4 Å². The average molecular weight is 228 g/mol. The van der Waals surface area contributed by atoms with Crippen LogP contribution in [0.25, 0.3) is 0 Å². The summed E-state index contributed by atoms with van der Waals surface area (Å²) in [7, 11) is 0. The van der Waals surface area contributed by atoms with Crippen molar-refractivity contribution < 1.29 is 0 Å². The molecule has 1 aliphatic rings. The topological polar surface area (TPSA) is 38.0 Å². The van der Waals surface area contributed by atoms with E-state index in [9.17, 15) is 0 Å². The van der Waals surface area contributed by atoms with Crippen molar-refractivity contribution in [3.8, 4) is 12.3 Å². The van der Waals surface area contributed by atoms with Crippen LogP contribution in [0.3, 0.4) is 0 Å². The number of hydrogen-bond donors (Lipinski definition) is 2. The predicted molar refractivity (Wildman–Crippen MR) is 71.3 cm³/mol. The zero-order valence-corrected chi connectivity index (χ0v) is 10.2. The van der Waals surface area contributed by atoms with Gasteiger partial charge in [0.2, 0.25) is 0 Å². The van der Waals surface area contributed by atoms with Gasteiger partial charge in [-0.1, -0.05) is 24.3 Å². The Morgan fingerprint density at radius 1 is 1.47 bits per heavy atom. The lowest BCUT2D eigenvalue weighted by atomic mass is 9.90. The number of unbranched alkanes of at least 4 members (excludes halogenated alkanes) is 1. The molecular weight excluding hydrogens is 208 g/mol. The molecule has 1 aromatic carbocycles. The summed E-state index contributed by atoms with van der Waals surface area (Å²) >= 11 is 0. The molecule has 0 amide bonds. The van der Waals surface area contributed by atoms with E-state index in [-0.39, 0.29) is 0 Å². The summed E-state index contributed by atoms with van der Waals surface area (Å²) < 4.78 is 0. The highest BCUT2D eigenvalue weighted by Crippen LogP contribution is 2.36. The SMILES string of the molecule is C#CCCCC(NN)C1CCc2ccccc21. The Labute approximate surface area is 104 Å². The van der Waals surface area contributed by atoms with E-state index >= 15 is 0 Å². The molecule has 0 bridgehead atoms. The number of rotatable bonds is 5. The Morgan fingerprint density at radius 2 is 2.29 bits per heavy atom. The van der Waals surface area contributed by atoms with Crippen LogP contribution in [0.5, 0.6) is 0 Å². The smallest absolute Gasteiger partial charge is 0.0279 e. The van der Waals surface area contributed by atoms with Crippen molar-refractivity contribution in [3.63, 3.8) is 0 Å². The monoisotopic (exact) mass is 228 g/mol. The quantitative estimate of drug-likeness (QED) is 0.351. The summed E-state index contributed by atoms with van der Waals surface area (Å²) in [6.07, 6.45) is 10.6. The third-order valence-corrected chi connectivity index (χ3v) is 3.72. The van der Waals surface area contributed by atoms with Gasteiger partial charge < -0.3 is 0 Å². The lowest BCUT2D eigenvalue weighted by Gasteiger charge is -2.23. The highest BCUT2D eigenvalue weighted by Gasteiger charge is 2.28. The molecular formula is C15H20N2. The maximum absolute atomic E-state index is 5.69. The maximum Gasteiger partial charge on any atom is 0.0279 e. The minimum Gasteiger partial charge on any atom is -0.271 e. The normalized spacial score (nSPS) is 19.6. The number of nitrogens with two attached hydrogens (primary N) is 1. The Balaban J connectivity index is 2.04. The second-order valence-electron chi connectivity index (χ2n) is 4.71. The van der Waals surface area contributed by atoms with Gasteiger partial charge in [-0.3, -0.25) is 11.3 Å². The Morgan fingerprint density at radius 3 is 3.06 bits per heavy atom. The second kappa shape index (κ2) is 5.86. The van der Waals surface area contributed by atoms with Crippen LogP contribution in [0.15, 0.2) is 24.3 Å². The summed E-state index contributed by atoms with van der Waals surface area (Å²) in [6, 6.07) is 9.05. The molecule has 0 spiro atoms. The van der Waals surface area contributed by atoms with Gasteiger partial charge in [-0.15, -0.1) is 12.3 Å². The molecule has 1 aromatic rings. The van der Waals surface area contributed by atoms with E-state index in [1.54, 1.807) is 0 Å². The molecule has 2 unspecified atom stereocenters. The van der Waals surface area contributed by atoms with E-state index in [1.807, 2.05) is 0 Å². The molecule has 17 heavy (non-hydrogen) atoms. The minimum absolute atomic E-state index is 0.354. The number of aryl methyl sites for hydroxylation is 1. The van der Waals surface area contributed by atoms with E-state index < -0.39 is 0 Å². The summed E-state index contributed by atoms with van der Waals surface area (Å²) in [5, 5.41) is 0. The van der Waals surface area contributed by atoms with Gasteiger partial charge >= 0.3 is 0 Å². The van der Waals surface area contributed by atoms with Crippen LogP contribution >= 0.6 is 0 Å². The van der Waals surface area contributed by atoms with E-state index in [2.05, 4.69) is 35.6 Å². The van der Waals surface area contributed by atoms with Gasteiger partial charge in [-0.05, 0) is 36.8 Å². The van der Waals surface area contributed by atoms with E-state index in [4.69, 9.17) is 12.3 Å². The van der Waals surface area contributed by atoms with Gasteiger partial charge in [-0.2, -0.15) is 0 Å². The summed E-state index contributed by atoms with van der Waals surface area (Å²) in [4.78, 5) is 0. The van der Waals surface area contributed by atoms with Crippen molar-refractivity contribution in [1.82, 2.24) is 5.43 Å². The number of hydrazine groups is 1. The van der Waals surface area contributed by atoms with Crippen molar-refractivity contribution >= 4 is 0 Å². The third kappa shape index (κ3) is 2.69. The van der Waals surface area contributed by atoms with E-state index in [1.165, 1.54) is 24.0 Å². The first-order chi connectivity index (χ1) is 8.36. The minimum atomic E-state index is 0.354.